The van der Waals surface area contributed by atoms with Gasteiger partial charge in [0.15, 0.2) is 0 Å². The van der Waals surface area contributed by atoms with Crippen LogP contribution in [-0.2, 0) is 6.54 Å². The molecule has 20 heavy (non-hydrogen) atoms. The molecule has 1 aromatic carbocycles. The standard InChI is InChI=1S/C13H14F3NO.CH3I/c14-12-6-17-5-8-1-2-10(3-11(8)12)18-7-9-4-13(9,15)16;1-2/h1-3,9,12,17H,4-7H2;1H3. The summed E-state index contributed by atoms with van der Waals surface area (Å²) in [6.45, 7) is 0.925. The monoisotopic (exact) mass is 399 g/mol. The van der Waals surface area contributed by atoms with Crippen molar-refractivity contribution < 1.29 is 17.9 Å². The molecule has 1 saturated carbocycles. The average Bonchev–Trinajstić information content (AvgIpc) is 3.07. The molecule has 1 aliphatic heterocycles. The minimum atomic E-state index is -2.57. The molecule has 0 radical (unpaired) electrons. The molecule has 1 aliphatic carbocycles. The van der Waals surface area contributed by atoms with Crippen LogP contribution < -0.4 is 10.1 Å². The summed E-state index contributed by atoms with van der Waals surface area (Å²) < 4.78 is 44.3. The Morgan fingerprint density at radius 1 is 1.40 bits per heavy atom. The largest absolute Gasteiger partial charge is 0.493 e. The number of rotatable bonds is 3. The first kappa shape index (κ1) is 15.9. The molecule has 6 heteroatoms. The summed E-state index contributed by atoms with van der Waals surface area (Å²) in [6, 6.07) is 5.12. The highest BCUT2D eigenvalue weighted by atomic mass is 127. The van der Waals surface area contributed by atoms with E-state index in [2.05, 4.69) is 27.9 Å². The van der Waals surface area contributed by atoms with Crippen LogP contribution in [0.1, 0.15) is 23.7 Å². The van der Waals surface area contributed by atoms with Crippen molar-refractivity contribution in [2.45, 2.75) is 25.1 Å². The number of fused-ring (bicyclic) bond motifs is 1. The van der Waals surface area contributed by atoms with Gasteiger partial charge in [0, 0.05) is 19.5 Å². The lowest BCUT2D eigenvalue weighted by Gasteiger charge is -2.21. The van der Waals surface area contributed by atoms with E-state index >= 15 is 0 Å². The summed E-state index contributed by atoms with van der Waals surface area (Å²) in [5.41, 5.74) is 1.51. The molecule has 2 atom stereocenters. The maximum Gasteiger partial charge on any atom is 0.255 e. The van der Waals surface area contributed by atoms with Crippen LogP contribution in [0.25, 0.3) is 0 Å². The van der Waals surface area contributed by atoms with Gasteiger partial charge in [-0.2, -0.15) is 0 Å². The van der Waals surface area contributed by atoms with E-state index in [9.17, 15) is 13.2 Å². The SMILES string of the molecule is CI.FC1CNCc2ccc(OCC3CC3(F)F)cc21. The summed E-state index contributed by atoms with van der Waals surface area (Å²) in [6.07, 6.45) is -1.16. The molecular weight excluding hydrogens is 382 g/mol. The summed E-state index contributed by atoms with van der Waals surface area (Å²) in [7, 11) is 0. The fourth-order valence-corrected chi connectivity index (χ4v) is 2.21. The zero-order chi connectivity index (χ0) is 14.8. The first-order valence-electron chi connectivity index (χ1n) is 6.42. The van der Waals surface area contributed by atoms with E-state index in [1.807, 2.05) is 4.93 Å². The Bertz CT molecular complexity index is 470. The van der Waals surface area contributed by atoms with Crippen LogP contribution in [0.15, 0.2) is 18.2 Å². The second-order valence-electron chi connectivity index (χ2n) is 4.93. The van der Waals surface area contributed by atoms with Crippen LogP contribution in [0.2, 0.25) is 0 Å². The van der Waals surface area contributed by atoms with Crippen LogP contribution >= 0.6 is 22.6 Å². The number of ether oxygens (including phenoxy) is 1. The number of alkyl halides is 4. The van der Waals surface area contributed by atoms with Crippen molar-refractivity contribution in [1.82, 2.24) is 5.32 Å². The second-order valence-corrected chi connectivity index (χ2v) is 4.93. The fourth-order valence-electron chi connectivity index (χ4n) is 2.21. The fraction of sp³-hybridized carbons (Fsp3) is 0.571. The molecule has 1 fully saturated rings. The van der Waals surface area contributed by atoms with E-state index in [4.69, 9.17) is 4.74 Å². The Kier molecular flexibility index (Phi) is 5.17. The van der Waals surface area contributed by atoms with Gasteiger partial charge in [0.2, 0.25) is 0 Å². The summed E-state index contributed by atoms with van der Waals surface area (Å²) in [4.78, 5) is 1.97. The van der Waals surface area contributed by atoms with E-state index in [-0.39, 0.29) is 19.6 Å². The van der Waals surface area contributed by atoms with Crippen LogP contribution in [0, 0.1) is 5.92 Å². The van der Waals surface area contributed by atoms with Crippen molar-refractivity contribution >= 4 is 22.6 Å². The van der Waals surface area contributed by atoms with Gasteiger partial charge in [0.1, 0.15) is 11.9 Å². The smallest absolute Gasteiger partial charge is 0.255 e. The van der Waals surface area contributed by atoms with E-state index in [1.165, 1.54) is 0 Å². The van der Waals surface area contributed by atoms with Crippen molar-refractivity contribution in [3.8, 4) is 5.75 Å². The van der Waals surface area contributed by atoms with Crippen molar-refractivity contribution in [2.75, 3.05) is 18.1 Å². The number of hydrogen-bond donors (Lipinski definition) is 1. The number of nitrogens with one attached hydrogen (secondary N) is 1. The third-order valence-corrected chi connectivity index (χ3v) is 3.50. The third-order valence-electron chi connectivity index (χ3n) is 3.50. The molecule has 0 bridgehead atoms. The van der Waals surface area contributed by atoms with Gasteiger partial charge in [-0.1, -0.05) is 28.7 Å². The summed E-state index contributed by atoms with van der Waals surface area (Å²) >= 11 is 2.15. The molecule has 1 N–H and O–H groups in total. The maximum atomic E-state index is 13.7. The minimum Gasteiger partial charge on any atom is -0.493 e. The average molecular weight is 399 g/mol. The molecule has 1 aromatic rings. The van der Waals surface area contributed by atoms with Gasteiger partial charge in [-0.15, -0.1) is 0 Å². The topological polar surface area (TPSA) is 21.3 Å². The molecule has 0 amide bonds. The van der Waals surface area contributed by atoms with Crippen LogP contribution in [0.4, 0.5) is 13.2 Å². The van der Waals surface area contributed by atoms with Crippen LogP contribution in [0.3, 0.4) is 0 Å². The number of hydrogen-bond acceptors (Lipinski definition) is 2. The van der Waals surface area contributed by atoms with E-state index < -0.39 is 18.0 Å². The maximum absolute atomic E-state index is 13.7. The Labute approximate surface area is 130 Å². The van der Waals surface area contributed by atoms with Crippen molar-refractivity contribution in [2.24, 2.45) is 5.92 Å². The lowest BCUT2D eigenvalue weighted by molar-refractivity contribution is 0.0855. The quantitative estimate of drug-likeness (QED) is 0.616. The molecule has 0 spiro atoms. The van der Waals surface area contributed by atoms with E-state index in [0.29, 0.717) is 17.9 Å². The predicted octanol–water partition coefficient (Wildman–Crippen LogP) is 3.89. The van der Waals surface area contributed by atoms with Crippen LogP contribution in [0.5, 0.6) is 5.75 Å². The number of halogens is 4. The van der Waals surface area contributed by atoms with Gasteiger partial charge >= 0.3 is 0 Å². The van der Waals surface area contributed by atoms with Crippen LogP contribution in [-0.4, -0.2) is 24.0 Å². The Morgan fingerprint density at radius 3 is 2.75 bits per heavy atom. The Morgan fingerprint density at radius 2 is 2.10 bits per heavy atom. The Hall–Kier alpha value is -0.500. The van der Waals surface area contributed by atoms with Crippen molar-refractivity contribution in [3.05, 3.63) is 29.3 Å². The highest BCUT2D eigenvalue weighted by Gasteiger charge is 2.57. The van der Waals surface area contributed by atoms with Gasteiger partial charge in [0.05, 0.1) is 12.5 Å². The van der Waals surface area contributed by atoms with Gasteiger partial charge < -0.3 is 10.1 Å². The third kappa shape index (κ3) is 3.58. The van der Waals surface area contributed by atoms with Crippen molar-refractivity contribution in [1.29, 1.82) is 0 Å². The van der Waals surface area contributed by atoms with Gasteiger partial charge in [0.25, 0.3) is 5.92 Å². The molecule has 2 aliphatic rings. The lowest BCUT2D eigenvalue weighted by Crippen LogP contribution is -2.26. The predicted molar refractivity (Wildman–Crippen MR) is 80.5 cm³/mol. The van der Waals surface area contributed by atoms with Crippen molar-refractivity contribution in [3.63, 3.8) is 0 Å². The van der Waals surface area contributed by atoms with Gasteiger partial charge in [-0.3, -0.25) is 0 Å². The zero-order valence-corrected chi connectivity index (χ0v) is 13.3. The normalized spacial score (nSPS) is 26.1. The molecular formula is C14H17F3INO. The molecule has 0 aromatic heterocycles. The van der Waals surface area contributed by atoms with Gasteiger partial charge in [-0.25, -0.2) is 13.2 Å². The summed E-state index contributed by atoms with van der Waals surface area (Å²) in [5, 5.41) is 2.97. The lowest BCUT2D eigenvalue weighted by atomic mass is 9.99. The summed E-state index contributed by atoms with van der Waals surface area (Å²) in [5.74, 6) is -2.78. The first-order valence-corrected chi connectivity index (χ1v) is 8.58. The first-order chi connectivity index (χ1) is 9.56. The Balaban J connectivity index is 0.000000704. The van der Waals surface area contributed by atoms with E-state index in [0.717, 1.165) is 5.56 Å². The minimum absolute atomic E-state index is 0.000981. The molecule has 2 nitrogen and oxygen atoms in total. The number of benzene rings is 1. The molecule has 3 rings (SSSR count). The molecule has 2 unspecified atom stereocenters. The molecule has 0 saturated heterocycles. The highest BCUT2D eigenvalue weighted by molar-refractivity contribution is 14.1. The highest BCUT2D eigenvalue weighted by Crippen LogP contribution is 2.48. The van der Waals surface area contributed by atoms with Gasteiger partial charge in [-0.05, 0) is 28.2 Å². The molecule has 112 valence electrons. The second kappa shape index (κ2) is 6.51. The van der Waals surface area contributed by atoms with E-state index in [1.54, 1.807) is 18.2 Å². The zero-order valence-electron chi connectivity index (χ0n) is 11.1. The molecule has 1 heterocycles.